The Kier molecular flexibility index (Phi) is 5.14. The second-order valence-electron chi connectivity index (χ2n) is 3.83. The summed E-state index contributed by atoms with van der Waals surface area (Å²) in [5, 5.41) is 2.76. The molecule has 0 saturated carbocycles. The summed E-state index contributed by atoms with van der Waals surface area (Å²) in [6, 6.07) is 3.79. The summed E-state index contributed by atoms with van der Waals surface area (Å²) in [7, 11) is 0. The van der Waals surface area contributed by atoms with Crippen LogP contribution in [0.5, 0.6) is 0 Å². The highest BCUT2D eigenvalue weighted by molar-refractivity contribution is 14.1. The molecule has 0 aliphatic heterocycles. The van der Waals surface area contributed by atoms with E-state index in [9.17, 15) is 4.79 Å². The number of carbonyl (C=O) groups excluding carboxylic acids is 1. The maximum absolute atomic E-state index is 11.5. The van der Waals surface area contributed by atoms with Gasteiger partial charge >= 0.3 is 0 Å². The largest absolute Gasteiger partial charge is 0.328 e. The molecular formula is C11H16IN3O. The number of anilines is 1. The van der Waals surface area contributed by atoms with Crippen LogP contribution in [0.25, 0.3) is 0 Å². The van der Waals surface area contributed by atoms with E-state index >= 15 is 0 Å². The van der Waals surface area contributed by atoms with Crippen LogP contribution < -0.4 is 11.1 Å². The third kappa shape index (κ3) is 4.44. The van der Waals surface area contributed by atoms with Crippen LogP contribution in [0.4, 0.5) is 5.82 Å². The van der Waals surface area contributed by atoms with Gasteiger partial charge in [-0.3, -0.25) is 4.79 Å². The van der Waals surface area contributed by atoms with Crippen LogP contribution in [-0.4, -0.2) is 16.9 Å². The third-order valence-corrected chi connectivity index (χ3v) is 3.26. The Bertz CT molecular complexity index is 379. The molecule has 0 fully saturated rings. The van der Waals surface area contributed by atoms with Crippen LogP contribution in [0.2, 0.25) is 0 Å². The molecule has 88 valence electrons. The molecule has 0 saturated heterocycles. The number of hydrogen-bond acceptors (Lipinski definition) is 3. The third-order valence-electron chi connectivity index (χ3n) is 2.12. The Morgan fingerprint density at radius 2 is 2.31 bits per heavy atom. The number of pyridine rings is 1. The molecule has 0 spiro atoms. The maximum atomic E-state index is 11.5. The van der Waals surface area contributed by atoms with Crippen molar-refractivity contribution in [1.29, 1.82) is 0 Å². The Morgan fingerprint density at radius 1 is 1.62 bits per heavy atom. The van der Waals surface area contributed by atoms with E-state index in [0.29, 0.717) is 18.7 Å². The zero-order valence-corrected chi connectivity index (χ0v) is 11.6. The Morgan fingerprint density at radius 3 is 2.88 bits per heavy atom. The summed E-state index contributed by atoms with van der Waals surface area (Å²) in [6.45, 7) is 3.81. The van der Waals surface area contributed by atoms with Crippen LogP contribution in [0.15, 0.2) is 12.1 Å². The van der Waals surface area contributed by atoms with E-state index in [2.05, 4.69) is 32.9 Å². The van der Waals surface area contributed by atoms with Crippen LogP contribution in [0.1, 0.15) is 25.5 Å². The number of aromatic nitrogens is 1. The van der Waals surface area contributed by atoms with Gasteiger partial charge in [0, 0.05) is 16.0 Å². The van der Waals surface area contributed by atoms with Crippen molar-refractivity contribution in [3.8, 4) is 0 Å². The SMILES string of the molecule is Cc1nc(NC(=O)CCC(C)N)ccc1I. The second-order valence-corrected chi connectivity index (χ2v) is 4.99. The molecule has 16 heavy (non-hydrogen) atoms. The van der Waals surface area contributed by atoms with Gasteiger partial charge in [0.2, 0.25) is 5.91 Å². The van der Waals surface area contributed by atoms with Gasteiger partial charge in [0.25, 0.3) is 0 Å². The zero-order chi connectivity index (χ0) is 12.1. The second kappa shape index (κ2) is 6.15. The molecule has 1 aromatic rings. The van der Waals surface area contributed by atoms with E-state index in [-0.39, 0.29) is 11.9 Å². The predicted molar refractivity (Wildman–Crippen MR) is 73.2 cm³/mol. The van der Waals surface area contributed by atoms with Gasteiger partial charge in [-0.1, -0.05) is 0 Å². The van der Waals surface area contributed by atoms with Crippen LogP contribution in [-0.2, 0) is 4.79 Å². The van der Waals surface area contributed by atoms with E-state index in [1.54, 1.807) is 6.07 Å². The normalized spacial score (nSPS) is 12.2. The Hall–Kier alpha value is -0.690. The molecule has 0 bridgehead atoms. The number of hydrogen-bond donors (Lipinski definition) is 2. The predicted octanol–water partition coefficient (Wildman–Crippen LogP) is 2.06. The minimum atomic E-state index is -0.0367. The number of aryl methyl sites for hydroxylation is 1. The summed E-state index contributed by atoms with van der Waals surface area (Å²) in [5.74, 6) is 0.568. The number of nitrogens with one attached hydrogen (secondary N) is 1. The lowest BCUT2D eigenvalue weighted by atomic mass is 10.2. The highest BCUT2D eigenvalue weighted by atomic mass is 127. The lowest BCUT2D eigenvalue weighted by molar-refractivity contribution is -0.116. The number of nitrogens with zero attached hydrogens (tertiary/aromatic N) is 1. The molecule has 4 nitrogen and oxygen atoms in total. The molecule has 1 heterocycles. The van der Waals surface area contributed by atoms with Gasteiger partial charge in [0.1, 0.15) is 5.82 Å². The Balaban J connectivity index is 2.53. The van der Waals surface area contributed by atoms with Crippen molar-refractivity contribution in [3.63, 3.8) is 0 Å². The van der Waals surface area contributed by atoms with E-state index < -0.39 is 0 Å². The first-order valence-corrected chi connectivity index (χ1v) is 6.25. The number of nitrogens with two attached hydrogens (primary N) is 1. The first kappa shape index (κ1) is 13.4. The van der Waals surface area contributed by atoms with Gasteiger partial charge in [0.15, 0.2) is 0 Å². The van der Waals surface area contributed by atoms with Crippen molar-refractivity contribution in [1.82, 2.24) is 4.98 Å². The standard InChI is InChI=1S/C11H16IN3O/c1-7(13)3-6-11(16)15-10-5-4-9(12)8(2)14-10/h4-5,7H,3,6,13H2,1-2H3,(H,14,15,16). The van der Waals surface area contributed by atoms with Gasteiger partial charge in [0.05, 0.1) is 5.69 Å². The average Bonchev–Trinajstić information content (AvgIpc) is 2.21. The average molecular weight is 333 g/mol. The fraction of sp³-hybridized carbons (Fsp3) is 0.455. The molecule has 1 rings (SSSR count). The van der Waals surface area contributed by atoms with Crippen molar-refractivity contribution in [3.05, 3.63) is 21.4 Å². The number of amides is 1. The fourth-order valence-corrected chi connectivity index (χ4v) is 1.48. The summed E-state index contributed by atoms with van der Waals surface area (Å²) < 4.78 is 1.09. The van der Waals surface area contributed by atoms with E-state index in [0.717, 1.165) is 9.26 Å². The summed E-state index contributed by atoms with van der Waals surface area (Å²) in [6.07, 6.45) is 1.12. The van der Waals surface area contributed by atoms with Gasteiger partial charge in [-0.2, -0.15) is 0 Å². The van der Waals surface area contributed by atoms with Gasteiger partial charge < -0.3 is 11.1 Å². The van der Waals surface area contributed by atoms with Crippen molar-refractivity contribution >= 4 is 34.3 Å². The summed E-state index contributed by atoms with van der Waals surface area (Å²) >= 11 is 2.21. The Labute approximate surface area is 109 Å². The summed E-state index contributed by atoms with van der Waals surface area (Å²) in [4.78, 5) is 15.8. The smallest absolute Gasteiger partial charge is 0.225 e. The van der Waals surface area contributed by atoms with Gasteiger partial charge in [-0.15, -0.1) is 0 Å². The van der Waals surface area contributed by atoms with Crippen molar-refractivity contribution in [2.24, 2.45) is 5.73 Å². The summed E-state index contributed by atoms with van der Waals surface area (Å²) in [5.41, 5.74) is 6.50. The minimum absolute atomic E-state index is 0.0367. The minimum Gasteiger partial charge on any atom is -0.328 e. The van der Waals surface area contributed by atoms with E-state index in [4.69, 9.17) is 5.73 Å². The van der Waals surface area contributed by atoms with E-state index in [1.165, 1.54) is 0 Å². The molecule has 5 heteroatoms. The molecule has 1 aromatic heterocycles. The number of halogens is 1. The van der Waals surface area contributed by atoms with Crippen molar-refractivity contribution in [2.75, 3.05) is 5.32 Å². The first-order chi connectivity index (χ1) is 7.49. The maximum Gasteiger partial charge on any atom is 0.225 e. The lowest BCUT2D eigenvalue weighted by Gasteiger charge is -2.07. The zero-order valence-electron chi connectivity index (χ0n) is 9.46. The quantitative estimate of drug-likeness (QED) is 0.829. The van der Waals surface area contributed by atoms with E-state index in [1.807, 2.05) is 19.9 Å². The van der Waals surface area contributed by atoms with Gasteiger partial charge in [-0.25, -0.2) is 4.98 Å². The lowest BCUT2D eigenvalue weighted by Crippen LogP contribution is -2.19. The first-order valence-electron chi connectivity index (χ1n) is 5.17. The van der Waals surface area contributed by atoms with Crippen LogP contribution >= 0.6 is 22.6 Å². The molecule has 0 aliphatic rings. The van der Waals surface area contributed by atoms with Crippen molar-refractivity contribution < 1.29 is 4.79 Å². The molecular weight excluding hydrogens is 317 g/mol. The highest BCUT2D eigenvalue weighted by Crippen LogP contribution is 2.12. The topological polar surface area (TPSA) is 68.0 Å². The van der Waals surface area contributed by atoms with Crippen molar-refractivity contribution in [2.45, 2.75) is 32.7 Å². The van der Waals surface area contributed by atoms with Crippen LogP contribution in [0.3, 0.4) is 0 Å². The monoisotopic (exact) mass is 333 g/mol. The van der Waals surface area contributed by atoms with Crippen LogP contribution in [0, 0.1) is 10.5 Å². The number of rotatable bonds is 4. The highest BCUT2D eigenvalue weighted by Gasteiger charge is 2.05. The molecule has 0 aliphatic carbocycles. The molecule has 1 amide bonds. The molecule has 0 aromatic carbocycles. The number of carbonyl (C=O) groups is 1. The molecule has 1 atom stereocenters. The molecule has 0 radical (unpaired) electrons. The van der Waals surface area contributed by atoms with Gasteiger partial charge in [-0.05, 0) is 55.0 Å². The molecule has 3 N–H and O–H groups in total. The fourth-order valence-electron chi connectivity index (χ4n) is 1.18. The molecule has 1 unspecified atom stereocenters.